The molecule has 2 rings (SSSR count). The van der Waals surface area contributed by atoms with Gasteiger partial charge in [-0.15, -0.1) is 0 Å². The normalized spacial score (nSPS) is 21.8. The van der Waals surface area contributed by atoms with Crippen molar-refractivity contribution in [2.24, 2.45) is 11.8 Å². The van der Waals surface area contributed by atoms with E-state index in [0.29, 0.717) is 26.1 Å². The van der Waals surface area contributed by atoms with Crippen molar-refractivity contribution in [1.29, 1.82) is 0 Å². The fourth-order valence-corrected chi connectivity index (χ4v) is 3.69. The summed E-state index contributed by atoms with van der Waals surface area (Å²) in [5.74, 6) is 0.366. The lowest BCUT2D eigenvalue weighted by molar-refractivity contribution is -0.130. The third-order valence-corrected chi connectivity index (χ3v) is 5.94. The van der Waals surface area contributed by atoms with Crippen LogP contribution in [0.1, 0.15) is 20.3 Å². The zero-order chi connectivity index (χ0) is 17.9. The van der Waals surface area contributed by atoms with Crippen molar-refractivity contribution < 1.29 is 13.2 Å². The Bertz CT molecular complexity index is 643. The van der Waals surface area contributed by atoms with Crippen LogP contribution < -0.4 is 4.72 Å². The van der Waals surface area contributed by atoms with Gasteiger partial charge in [-0.3, -0.25) is 9.48 Å². The van der Waals surface area contributed by atoms with Crippen molar-refractivity contribution in [3.05, 3.63) is 12.7 Å². The van der Waals surface area contributed by atoms with Crippen molar-refractivity contribution >= 4 is 16.1 Å². The molecule has 0 spiro atoms. The minimum atomic E-state index is -3.52. The maximum absolute atomic E-state index is 12.4. The molecule has 1 aromatic rings. The van der Waals surface area contributed by atoms with Crippen LogP contribution in [0.5, 0.6) is 0 Å². The molecule has 24 heavy (non-hydrogen) atoms. The molecular formula is C14H26N6O3S. The average Bonchev–Trinajstić information content (AvgIpc) is 3.13. The van der Waals surface area contributed by atoms with Gasteiger partial charge < -0.3 is 4.90 Å². The highest BCUT2D eigenvalue weighted by Gasteiger charge is 2.39. The smallest absolute Gasteiger partial charge is 0.279 e. The van der Waals surface area contributed by atoms with Crippen molar-refractivity contribution in [3.8, 4) is 0 Å². The molecule has 0 saturated carbocycles. The quantitative estimate of drug-likeness (QED) is 0.711. The lowest BCUT2D eigenvalue weighted by atomic mass is 9.92. The number of likely N-dealkylation sites (tertiary alicyclic amines) is 1. The first-order chi connectivity index (χ1) is 11.2. The summed E-state index contributed by atoms with van der Waals surface area (Å²) in [6.07, 6.45) is 3.32. The van der Waals surface area contributed by atoms with Crippen molar-refractivity contribution in [1.82, 2.24) is 28.7 Å². The van der Waals surface area contributed by atoms with Gasteiger partial charge >= 0.3 is 0 Å². The van der Waals surface area contributed by atoms with Crippen molar-refractivity contribution in [2.45, 2.75) is 32.9 Å². The Morgan fingerprint density at radius 3 is 2.62 bits per heavy atom. The Labute approximate surface area is 143 Å². The number of nitrogens with one attached hydrogen (secondary N) is 1. The maximum atomic E-state index is 12.4. The van der Waals surface area contributed by atoms with Crippen LogP contribution in [0.25, 0.3) is 0 Å². The van der Waals surface area contributed by atoms with Crippen LogP contribution in [0.2, 0.25) is 0 Å². The van der Waals surface area contributed by atoms with Gasteiger partial charge in [0.15, 0.2) is 0 Å². The summed E-state index contributed by atoms with van der Waals surface area (Å²) in [6.45, 7) is 5.52. The number of hydrogen-bond donors (Lipinski definition) is 1. The molecule has 0 bridgehead atoms. The molecule has 9 nitrogen and oxygen atoms in total. The van der Waals surface area contributed by atoms with Crippen LogP contribution >= 0.6 is 0 Å². The van der Waals surface area contributed by atoms with Crippen LogP contribution in [-0.4, -0.2) is 71.5 Å². The van der Waals surface area contributed by atoms with Crippen molar-refractivity contribution in [3.63, 3.8) is 0 Å². The molecule has 1 aliphatic rings. The lowest BCUT2D eigenvalue weighted by Crippen LogP contribution is -2.46. The summed E-state index contributed by atoms with van der Waals surface area (Å²) < 4.78 is 29.7. The fraction of sp³-hybridized carbons (Fsp3) is 0.786. The van der Waals surface area contributed by atoms with E-state index >= 15 is 0 Å². The van der Waals surface area contributed by atoms with E-state index in [1.54, 1.807) is 15.9 Å². The highest BCUT2D eigenvalue weighted by Crippen LogP contribution is 2.25. The third kappa shape index (κ3) is 4.52. The largest absolute Gasteiger partial charge is 0.341 e. The van der Waals surface area contributed by atoms with E-state index in [1.807, 2.05) is 13.8 Å². The van der Waals surface area contributed by atoms with E-state index in [1.165, 1.54) is 20.4 Å². The summed E-state index contributed by atoms with van der Waals surface area (Å²) >= 11 is 0. The first-order valence-electron chi connectivity index (χ1n) is 8.00. The van der Waals surface area contributed by atoms with Crippen LogP contribution in [0, 0.1) is 11.8 Å². The van der Waals surface area contributed by atoms with E-state index in [-0.39, 0.29) is 23.8 Å². The molecule has 1 fully saturated rings. The number of aromatic nitrogens is 3. The molecule has 1 saturated heterocycles. The van der Waals surface area contributed by atoms with Gasteiger partial charge in [0.05, 0.1) is 6.54 Å². The molecule has 1 N–H and O–H groups in total. The van der Waals surface area contributed by atoms with Gasteiger partial charge in [-0.1, -0.05) is 13.8 Å². The first-order valence-corrected chi connectivity index (χ1v) is 9.44. The molecule has 1 amide bonds. The predicted octanol–water partition coefficient (Wildman–Crippen LogP) is -0.453. The highest BCUT2D eigenvalue weighted by molar-refractivity contribution is 7.87. The fourth-order valence-electron chi connectivity index (χ4n) is 2.85. The number of hydrogen-bond acceptors (Lipinski definition) is 5. The minimum Gasteiger partial charge on any atom is -0.341 e. The van der Waals surface area contributed by atoms with Crippen LogP contribution in [0.3, 0.4) is 0 Å². The van der Waals surface area contributed by atoms with Gasteiger partial charge in [0.2, 0.25) is 5.91 Å². The summed E-state index contributed by atoms with van der Waals surface area (Å²) in [7, 11) is -0.544. The second-order valence-electron chi connectivity index (χ2n) is 6.63. The van der Waals surface area contributed by atoms with E-state index in [4.69, 9.17) is 0 Å². The van der Waals surface area contributed by atoms with E-state index in [2.05, 4.69) is 14.8 Å². The molecule has 1 aliphatic heterocycles. The monoisotopic (exact) mass is 358 g/mol. The van der Waals surface area contributed by atoms with Gasteiger partial charge in [0.1, 0.15) is 12.7 Å². The van der Waals surface area contributed by atoms with Gasteiger partial charge in [-0.2, -0.15) is 22.5 Å². The molecule has 2 atom stereocenters. The van der Waals surface area contributed by atoms with Crippen LogP contribution in [0.15, 0.2) is 12.7 Å². The number of nitrogens with zero attached hydrogens (tertiary/aromatic N) is 5. The molecule has 0 unspecified atom stereocenters. The summed E-state index contributed by atoms with van der Waals surface area (Å²) in [5.41, 5.74) is 0. The molecule has 2 heterocycles. The molecule has 10 heteroatoms. The van der Waals surface area contributed by atoms with Crippen LogP contribution in [0.4, 0.5) is 0 Å². The topological polar surface area (TPSA) is 100 Å². The Hall–Kier alpha value is -1.52. The summed E-state index contributed by atoms with van der Waals surface area (Å²) in [5, 5.41) is 3.98. The Morgan fingerprint density at radius 2 is 2.08 bits per heavy atom. The molecule has 0 aromatic carbocycles. The van der Waals surface area contributed by atoms with E-state index in [0.717, 1.165) is 4.31 Å². The molecular weight excluding hydrogens is 332 g/mol. The van der Waals surface area contributed by atoms with Crippen LogP contribution in [-0.2, 0) is 21.5 Å². The number of carbonyl (C=O) groups excluding carboxylic acids is 1. The number of rotatable bonds is 7. The van der Waals surface area contributed by atoms with Gasteiger partial charge in [-0.05, 0) is 11.8 Å². The molecule has 1 aromatic heterocycles. The van der Waals surface area contributed by atoms with Gasteiger partial charge in [0, 0.05) is 39.6 Å². The number of carbonyl (C=O) groups is 1. The van der Waals surface area contributed by atoms with Gasteiger partial charge in [0.25, 0.3) is 10.2 Å². The summed E-state index contributed by atoms with van der Waals surface area (Å²) in [6, 6.07) is -0.271. The summed E-state index contributed by atoms with van der Waals surface area (Å²) in [4.78, 5) is 18.0. The Kier molecular flexibility index (Phi) is 5.94. The molecule has 136 valence electrons. The molecule has 0 aliphatic carbocycles. The number of aryl methyl sites for hydroxylation is 1. The number of amides is 1. The molecule has 0 radical (unpaired) electrons. The minimum absolute atomic E-state index is 0.00250. The third-order valence-electron chi connectivity index (χ3n) is 4.38. The van der Waals surface area contributed by atoms with E-state index < -0.39 is 10.2 Å². The second kappa shape index (κ2) is 7.58. The maximum Gasteiger partial charge on any atom is 0.279 e. The zero-order valence-electron chi connectivity index (χ0n) is 14.6. The average molecular weight is 358 g/mol. The second-order valence-corrected chi connectivity index (χ2v) is 8.54. The standard InChI is InChI=1S/C14H26N6O3S/c1-11(2)12-7-19(8-13(12)17-24(22,23)18(3)4)14(21)5-6-20-10-15-9-16-20/h9-13,17H,5-8H2,1-4H3/t12-,13+/m0/s1. The SMILES string of the molecule is CC(C)[C@@H]1CN(C(=O)CCn2cncn2)C[C@H]1NS(=O)(=O)N(C)C. The zero-order valence-corrected chi connectivity index (χ0v) is 15.4. The predicted molar refractivity (Wildman–Crippen MR) is 89.1 cm³/mol. The first kappa shape index (κ1) is 18.8. The lowest BCUT2D eigenvalue weighted by Gasteiger charge is -2.24. The van der Waals surface area contributed by atoms with E-state index in [9.17, 15) is 13.2 Å². The highest BCUT2D eigenvalue weighted by atomic mass is 32.2. The van der Waals surface area contributed by atoms with Gasteiger partial charge in [-0.25, -0.2) is 4.98 Å². The van der Waals surface area contributed by atoms with Crippen molar-refractivity contribution in [2.75, 3.05) is 27.2 Å². The Morgan fingerprint density at radius 1 is 1.38 bits per heavy atom. The Balaban J connectivity index is 1.99.